The number of halogens is 1. The van der Waals surface area contributed by atoms with Crippen molar-refractivity contribution in [1.82, 2.24) is 0 Å². The van der Waals surface area contributed by atoms with Crippen LogP contribution in [-0.4, -0.2) is 27.7 Å². The summed E-state index contributed by atoms with van der Waals surface area (Å²) >= 11 is 0. The third kappa shape index (κ3) is 5.73. The predicted octanol–water partition coefficient (Wildman–Crippen LogP) is 4.56. The Labute approximate surface area is 123 Å². The van der Waals surface area contributed by atoms with Crippen molar-refractivity contribution in [3.05, 3.63) is 35.9 Å². The Hall–Kier alpha value is -0.713. The van der Waals surface area contributed by atoms with Gasteiger partial charge in [0.05, 0.1) is 19.8 Å². The molecule has 0 radical (unpaired) electrons. The van der Waals surface area contributed by atoms with E-state index in [0.717, 1.165) is 5.56 Å². The summed E-state index contributed by atoms with van der Waals surface area (Å²) in [5, 5.41) is 0.109. The molecule has 0 spiro atoms. The average Bonchev–Trinajstić information content (AvgIpc) is 2.36. The maximum Gasteiger partial charge on any atom is 0.192 e. The fraction of sp³-hybridized carbons (Fsp3) is 0.625. The van der Waals surface area contributed by atoms with Crippen LogP contribution in [0, 0.1) is 0 Å². The molecule has 1 atom stereocenters. The van der Waals surface area contributed by atoms with E-state index in [9.17, 15) is 4.39 Å². The first kappa shape index (κ1) is 17.3. The van der Waals surface area contributed by atoms with Gasteiger partial charge in [0.25, 0.3) is 0 Å². The summed E-state index contributed by atoms with van der Waals surface area (Å²) < 4.78 is 25.0. The molecule has 0 aliphatic rings. The molecule has 1 aromatic rings. The highest BCUT2D eigenvalue weighted by Crippen LogP contribution is 2.36. The third-order valence-electron chi connectivity index (χ3n) is 3.84. The Morgan fingerprint density at radius 1 is 1.10 bits per heavy atom. The average molecular weight is 298 g/mol. The van der Waals surface area contributed by atoms with Crippen molar-refractivity contribution in [2.45, 2.75) is 51.7 Å². The molecular weight excluding hydrogens is 271 g/mol. The third-order valence-corrected chi connectivity index (χ3v) is 8.34. The second-order valence-electron chi connectivity index (χ2n) is 6.67. The summed E-state index contributed by atoms with van der Waals surface area (Å²) in [5.41, 5.74) is 1.06. The first-order valence-corrected chi connectivity index (χ1v) is 10.0. The minimum atomic E-state index is -1.87. The molecule has 0 heterocycles. The summed E-state index contributed by atoms with van der Waals surface area (Å²) in [4.78, 5) is 0. The lowest BCUT2D eigenvalue weighted by atomic mass is 10.2. The number of hydrogen-bond acceptors (Lipinski definition) is 2. The van der Waals surface area contributed by atoms with Crippen molar-refractivity contribution in [2.24, 2.45) is 0 Å². The molecule has 0 aromatic heterocycles. The number of rotatable bonds is 7. The molecule has 0 N–H and O–H groups in total. The van der Waals surface area contributed by atoms with E-state index in [0.29, 0.717) is 6.61 Å². The fourth-order valence-corrected chi connectivity index (χ4v) is 2.47. The van der Waals surface area contributed by atoms with Gasteiger partial charge in [-0.3, -0.25) is 0 Å². The van der Waals surface area contributed by atoms with Gasteiger partial charge in [-0.15, -0.1) is 0 Å². The summed E-state index contributed by atoms with van der Waals surface area (Å²) in [7, 11) is -1.87. The van der Waals surface area contributed by atoms with E-state index in [1.807, 2.05) is 30.3 Å². The number of ether oxygens (including phenoxy) is 1. The van der Waals surface area contributed by atoms with Gasteiger partial charge in [-0.2, -0.15) is 0 Å². The number of hydrogen-bond donors (Lipinski definition) is 0. The molecule has 0 saturated heterocycles. The van der Waals surface area contributed by atoms with E-state index in [-0.39, 0.29) is 18.3 Å². The van der Waals surface area contributed by atoms with Gasteiger partial charge >= 0.3 is 0 Å². The van der Waals surface area contributed by atoms with E-state index in [2.05, 4.69) is 33.9 Å². The first-order chi connectivity index (χ1) is 9.22. The second kappa shape index (κ2) is 7.34. The molecule has 0 fully saturated rings. The molecule has 0 amide bonds. The minimum absolute atomic E-state index is 0.0868. The van der Waals surface area contributed by atoms with Crippen molar-refractivity contribution >= 4 is 8.32 Å². The minimum Gasteiger partial charge on any atom is -0.414 e. The lowest BCUT2D eigenvalue weighted by Crippen LogP contribution is -2.42. The lowest BCUT2D eigenvalue weighted by Gasteiger charge is -2.36. The van der Waals surface area contributed by atoms with Crippen LogP contribution >= 0.6 is 0 Å². The summed E-state index contributed by atoms with van der Waals surface area (Å²) in [6, 6.07) is 9.80. The highest BCUT2D eigenvalue weighted by atomic mass is 28.4. The smallest absolute Gasteiger partial charge is 0.192 e. The van der Waals surface area contributed by atoms with Gasteiger partial charge in [0.15, 0.2) is 8.32 Å². The molecule has 1 rings (SSSR count). The molecule has 0 aliphatic carbocycles. The SMILES string of the molecule is CC(C)(C)[Si](C)(C)OCC(F)COCc1ccccc1. The monoisotopic (exact) mass is 298 g/mol. The number of benzene rings is 1. The summed E-state index contributed by atoms with van der Waals surface area (Å²) in [6.07, 6.45) is -1.06. The Kier molecular flexibility index (Phi) is 6.36. The molecule has 114 valence electrons. The number of alkyl halides is 1. The molecule has 0 bridgehead atoms. The van der Waals surface area contributed by atoms with Crippen LogP contribution in [0.25, 0.3) is 0 Å². The lowest BCUT2D eigenvalue weighted by molar-refractivity contribution is 0.0461. The van der Waals surface area contributed by atoms with Crippen LogP contribution in [-0.2, 0) is 15.8 Å². The van der Waals surface area contributed by atoms with Gasteiger partial charge in [-0.1, -0.05) is 51.1 Å². The molecule has 0 saturated carbocycles. The van der Waals surface area contributed by atoms with E-state index in [4.69, 9.17) is 9.16 Å². The Bertz CT molecular complexity index is 387. The Morgan fingerprint density at radius 2 is 1.70 bits per heavy atom. The van der Waals surface area contributed by atoms with Crippen molar-refractivity contribution in [3.8, 4) is 0 Å². The quantitative estimate of drug-likeness (QED) is 0.687. The fourth-order valence-electron chi connectivity index (χ4n) is 1.44. The van der Waals surface area contributed by atoms with Crippen LogP contribution in [0.3, 0.4) is 0 Å². The summed E-state index contributed by atoms with van der Waals surface area (Å²) in [6.45, 7) is 11.4. The van der Waals surface area contributed by atoms with Gasteiger partial charge in [-0.25, -0.2) is 4.39 Å². The predicted molar refractivity (Wildman–Crippen MR) is 84.1 cm³/mol. The zero-order chi connectivity index (χ0) is 15.2. The highest BCUT2D eigenvalue weighted by molar-refractivity contribution is 6.74. The van der Waals surface area contributed by atoms with Crippen LogP contribution in [0.1, 0.15) is 26.3 Å². The van der Waals surface area contributed by atoms with E-state index in [1.165, 1.54) is 0 Å². The molecular formula is C16H27FO2Si. The van der Waals surface area contributed by atoms with Crippen molar-refractivity contribution in [3.63, 3.8) is 0 Å². The standard InChI is InChI=1S/C16H27FO2Si/c1-16(2,3)20(4,5)19-13-15(17)12-18-11-14-9-7-6-8-10-14/h6-10,15H,11-13H2,1-5H3. The van der Waals surface area contributed by atoms with Crippen LogP contribution in [0.4, 0.5) is 4.39 Å². The van der Waals surface area contributed by atoms with Crippen LogP contribution < -0.4 is 0 Å². The van der Waals surface area contributed by atoms with Gasteiger partial charge in [-0.05, 0) is 23.7 Å². The van der Waals surface area contributed by atoms with Gasteiger partial charge in [0.2, 0.25) is 0 Å². The Morgan fingerprint density at radius 3 is 2.25 bits per heavy atom. The molecule has 1 aromatic carbocycles. The van der Waals surface area contributed by atoms with Crippen molar-refractivity contribution < 1.29 is 13.6 Å². The van der Waals surface area contributed by atoms with Crippen LogP contribution in [0.2, 0.25) is 18.1 Å². The second-order valence-corrected chi connectivity index (χ2v) is 11.5. The first-order valence-electron chi connectivity index (χ1n) is 7.12. The van der Waals surface area contributed by atoms with Gasteiger partial charge in [0.1, 0.15) is 6.17 Å². The van der Waals surface area contributed by atoms with Crippen LogP contribution in [0.15, 0.2) is 30.3 Å². The molecule has 0 aliphatic heterocycles. The zero-order valence-corrected chi connectivity index (χ0v) is 14.3. The van der Waals surface area contributed by atoms with E-state index >= 15 is 0 Å². The topological polar surface area (TPSA) is 18.5 Å². The molecule has 1 unspecified atom stereocenters. The largest absolute Gasteiger partial charge is 0.414 e. The van der Waals surface area contributed by atoms with Crippen LogP contribution in [0.5, 0.6) is 0 Å². The van der Waals surface area contributed by atoms with Crippen molar-refractivity contribution in [1.29, 1.82) is 0 Å². The van der Waals surface area contributed by atoms with Gasteiger partial charge < -0.3 is 9.16 Å². The van der Waals surface area contributed by atoms with E-state index in [1.54, 1.807) is 0 Å². The Balaban J connectivity index is 2.26. The van der Waals surface area contributed by atoms with E-state index < -0.39 is 14.5 Å². The van der Waals surface area contributed by atoms with Crippen molar-refractivity contribution in [2.75, 3.05) is 13.2 Å². The summed E-state index contributed by atoms with van der Waals surface area (Å²) in [5.74, 6) is 0. The molecule has 20 heavy (non-hydrogen) atoms. The van der Waals surface area contributed by atoms with Gasteiger partial charge in [0, 0.05) is 0 Å². The maximum atomic E-state index is 13.8. The molecule has 2 nitrogen and oxygen atoms in total. The highest BCUT2D eigenvalue weighted by Gasteiger charge is 2.37. The molecule has 4 heteroatoms. The normalized spacial score (nSPS) is 14.3. The maximum absolute atomic E-state index is 13.8. The zero-order valence-electron chi connectivity index (χ0n) is 13.3.